The Morgan fingerprint density at radius 1 is 0.520 bits per heavy atom. The number of hydrogen-bond donors (Lipinski definition) is 1. The molecule has 1 N–H and O–H groups in total. The van der Waals surface area contributed by atoms with Gasteiger partial charge in [0.25, 0.3) is 0 Å². The number of rotatable bonds is 12. The molecular formula is C20H43N5. The van der Waals surface area contributed by atoms with Crippen LogP contribution in [0.5, 0.6) is 0 Å². The molecule has 148 valence electrons. The van der Waals surface area contributed by atoms with Crippen molar-refractivity contribution >= 4 is 0 Å². The lowest BCUT2D eigenvalue weighted by atomic mass is 10.2. The molecule has 2 aliphatic rings. The summed E-state index contributed by atoms with van der Waals surface area (Å²) < 4.78 is 0. The second-order valence-corrected chi connectivity index (χ2v) is 7.82. The average molecular weight is 354 g/mol. The molecule has 0 aromatic rings. The third kappa shape index (κ3) is 8.83. The Bertz CT molecular complexity index is 279. The van der Waals surface area contributed by atoms with Gasteiger partial charge in [-0.2, -0.15) is 0 Å². The van der Waals surface area contributed by atoms with E-state index in [1.165, 1.54) is 117 Å². The third-order valence-corrected chi connectivity index (χ3v) is 5.67. The van der Waals surface area contributed by atoms with E-state index in [2.05, 4.69) is 38.8 Å². The first-order valence-corrected chi connectivity index (χ1v) is 10.9. The van der Waals surface area contributed by atoms with Crippen LogP contribution in [0.1, 0.15) is 39.5 Å². The van der Waals surface area contributed by atoms with E-state index in [9.17, 15) is 0 Å². The summed E-state index contributed by atoms with van der Waals surface area (Å²) in [5, 5.41) is 3.65. The SMILES string of the molecule is CCCN1CCN(CCCNCCCN2CCN(CCC)CC2)CC1. The molecule has 2 fully saturated rings. The average Bonchev–Trinajstić information content (AvgIpc) is 2.64. The van der Waals surface area contributed by atoms with Crippen molar-refractivity contribution in [3.05, 3.63) is 0 Å². The summed E-state index contributed by atoms with van der Waals surface area (Å²) in [4.78, 5) is 10.5. The minimum absolute atomic E-state index is 1.18. The van der Waals surface area contributed by atoms with Crippen LogP contribution in [-0.4, -0.2) is 111 Å². The monoisotopic (exact) mass is 353 g/mol. The molecule has 0 unspecified atom stereocenters. The fourth-order valence-corrected chi connectivity index (χ4v) is 4.09. The maximum atomic E-state index is 3.65. The standard InChI is InChI=1S/C20H43N5/c1-3-9-22-13-17-24(18-14-22)11-5-7-21-8-6-12-25-19-15-23(10-4-2)16-20-25/h21H,3-20H2,1-2H3. The van der Waals surface area contributed by atoms with Crippen molar-refractivity contribution in [1.29, 1.82) is 0 Å². The fraction of sp³-hybridized carbons (Fsp3) is 1.00. The van der Waals surface area contributed by atoms with Crippen LogP contribution in [0.3, 0.4) is 0 Å². The summed E-state index contributed by atoms with van der Waals surface area (Å²) in [6.07, 6.45) is 5.17. The van der Waals surface area contributed by atoms with Gasteiger partial charge in [0.2, 0.25) is 0 Å². The molecule has 0 aromatic heterocycles. The first-order chi connectivity index (χ1) is 12.3. The van der Waals surface area contributed by atoms with Gasteiger partial charge in [0.05, 0.1) is 0 Å². The molecule has 0 spiro atoms. The minimum Gasteiger partial charge on any atom is -0.317 e. The van der Waals surface area contributed by atoms with Crippen LogP contribution in [0.2, 0.25) is 0 Å². The second kappa shape index (κ2) is 13.0. The van der Waals surface area contributed by atoms with Gasteiger partial charge in [0, 0.05) is 52.4 Å². The molecule has 0 saturated carbocycles. The van der Waals surface area contributed by atoms with Gasteiger partial charge in [0.1, 0.15) is 0 Å². The van der Waals surface area contributed by atoms with Crippen LogP contribution in [-0.2, 0) is 0 Å². The lowest BCUT2D eigenvalue weighted by Crippen LogP contribution is -2.47. The van der Waals surface area contributed by atoms with Gasteiger partial charge >= 0.3 is 0 Å². The summed E-state index contributed by atoms with van der Waals surface area (Å²) >= 11 is 0. The van der Waals surface area contributed by atoms with Crippen molar-refractivity contribution in [2.75, 3.05) is 91.6 Å². The van der Waals surface area contributed by atoms with E-state index in [1.54, 1.807) is 0 Å². The van der Waals surface area contributed by atoms with Crippen LogP contribution in [0.15, 0.2) is 0 Å². The van der Waals surface area contributed by atoms with E-state index in [4.69, 9.17) is 0 Å². The zero-order chi connectivity index (χ0) is 17.7. The van der Waals surface area contributed by atoms with E-state index < -0.39 is 0 Å². The quantitative estimate of drug-likeness (QED) is 0.535. The molecule has 0 atom stereocenters. The van der Waals surface area contributed by atoms with Crippen molar-refractivity contribution in [1.82, 2.24) is 24.9 Å². The number of hydrogen-bond acceptors (Lipinski definition) is 5. The Kier molecular flexibility index (Phi) is 11.0. The molecule has 2 rings (SSSR count). The number of nitrogens with zero attached hydrogens (tertiary/aromatic N) is 4. The van der Waals surface area contributed by atoms with Gasteiger partial charge in [-0.3, -0.25) is 0 Å². The minimum atomic E-state index is 1.18. The molecule has 5 nitrogen and oxygen atoms in total. The van der Waals surface area contributed by atoms with E-state index in [1.807, 2.05) is 0 Å². The predicted octanol–water partition coefficient (Wildman–Crippen LogP) is 1.41. The first kappa shape index (κ1) is 21.1. The van der Waals surface area contributed by atoms with Crippen LogP contribution in [0, 0.1) is 0 Å². The Labute approximate surface area is 156 Å². The molecule has 0 aliphatic carbocycles. The van der Waals surface area contributed by atoms with Crippen LogP contribution < -0.4 is 5.32 Å². The van der Waals surface area contributed by atoms with Gasteiger partial charge in [-0.15, -0.1) is 0 Å². The summed E-state index contributed by atoms with van der Waals surface area (Å²) in [7, 11) is 0. The summed E-state index contributed by atoms with van der Waals surface area (Å²) in [6.45, 7) is 22.2. The largest absolute Gasteiger partial charge is 0.317 e. The highest BCUT2D eigenvalue weighted by atomic mass is 15.3. The van der Waals surface area contributed by atoms with Gasteiger partial charge < -0.3 is 24.9 Å². The molecule has 2 aliphatic heterocycles. The topological polar surface area (TPSA) is 25.0 Å². The highest BCUT2D eigenvalue weighted by Crippen LogP contribution is 2.04. The smallest absolute Gasteiger partial charge is 0.0110 e. The van der Waals surface area contributed by atoms with Gasteiger partial charge in [-0.25, -0.2) is 0 Å². The van der Waals surface area contributed by atoms with E-state index in [0.29, 0.717) is 0 Å². The molecule has 2 saturated heterocycles. The maximum Gasteiger partial charge on any atom is 0.0110 e. The highest BCUT2D eigenvalue weighted by molar-refractivity contribution is 4.73. The lowest BCUT2D eigenvalue weighted by molar-refractivity contribution is 0.130. The Balaban J connectivity index is 1.37. The number of nitrogens with one attached hydrogen (secondary N) is 1. The van der Waals surface area contributed by atoms with Crippen LogP contribution in [0.4, 0.5) is 0 Å². The van der Waals surface area contributed by atoms with Gasteiger partial charge in [-0.05, 0) is 65.0 Å². The predicted molar refractivity (Wildman–Crippen MR) is 108 cm³/mol. The van der Waals surface area contributed by atoms with E-state index in [-0.39, 0.29) is 0 Å². The van der Waals surface area contributed by atoms with E-state index >= 15 is 0 Å². The molecular weight excluding hydrogens is 310 g/mol. The van der Waals surface area contributed by atoms with Crippen LogP contribution in [0.25, 0.3) is 0 Å². The first-order valence-electron chi connectivity index (χ1n) is 10.9. The van der Waals surface area contributed by atoms with Gasteiger partial charge in [-0.1, -0.05) is 13.8 Å². The Morgan fingerprint density at radius 2 is 0.840 bits per heavy atom. The second-order valence-electron chi connectivity index (χ2n) is 7.82. The van der Waals surface area contributed by atoms with Crippen molar-refractivity contribution in [2.45, 2.75) is 39.5 Å². The van der Waals surface area contributed by atoms with Crippen molar-refractivity contribution in [3.8, 4) is 0 Å². The fourth-order valence-electron chi connectivity index (χ4n) is 4.09. The van der Waals surface area contributed by atoms with Crippen LogP contribution >= 0.6 is 0 Å². The molecule has 25 heavy (non-hydrogen) atoms. The normalized spacial score (nSPS) is 21.8. The number of piperazine rings is 2. The summed E-state index contributed by atoms with van der Waals surface area (Å²) in [5.41, 5.74) is 0. The zero-order valence-corrected chi connectivity index (χ0v) is 17.0. The van der Waals surface area contributed by atoms with Crippen molar-refractivity contribution in [2.24, 2.45) is 0 Å². The highest BCUT2D eigenvalue weighted by Gasteiger charge is 2.16. The molecule has 0 aromatic carbocycles. The molecule has 0 bridgehead atoms. The van der Waals surface area contributed by atoms with Crippen molar-refractivity contribution < 1.29 is 0 Å². The lowest BCUT2D eigenvalue weighted by Gasteiger charge is -2.34. The molecule has 2 heterocycles. The van der Waals surface area contributed by atoms with Gasteiger partial charge in [0.15, 0.2) is 0 Å². The molecule has 0 amide bonds. The Morgan fingerprint density at radius 3 is 1.16 bits per heavy atom. The van der Waals surface area contributed by atoms with Crippen molar-refractivity contribution in [3.63, 3.8) is 0 Å². The third-order valence-electron chi connectivity index (χ3n) is 5.67. The summed E-state index contributed by atoms with van der Waals surface area (Å²) in [5.74, 6) is 0. The molecule has 5 heteroatoms. The Hall–Kier alpha value is -0.200. The zero-order valence-electron chi connectivity index (χ0n) is 17.0. The summed E-state index contributed by atoms with van der Waals surface area (Å²) in [6, 6.07) is 0. The maximum absolute atomic E-state index is 3.65. The molecule has 0 radical (unpaired) electrons. The van der Waals surface area contributed by atoms with E-state index in [0.717, 1.165) is 0 Å².